The Bertz CT molecular complexity index is 1110. The molecule has 0 bridgehead atoms. The Labute approximate surface area is 172 Å². The van der Waals surface area contributed by atoms with Gasteiger partial charge in [0.1, 0.15) is 0 Å². The van der Waals surface area contributed by atoms with E-state index in [0.717, 1.165) is 18.4 Å². The number of rotatable bonds is 2. The van der Waals surface area contributed by atoms with E-state index in [-0.39, 0.29) is 23.1 Å². The first-order valence-corrected chi connectivity index (χ1v) is 10.2. The van der Waals surface area contributed by atoms with Crippen molar-refractivity contribution in [1.29, 1.82) is 0 Å². The van der Waals surface area contributed by atoms with Crippen molar-refractivity contribution in [3.8, 4) is 0 Å². The lowest BCUT2D eigenvalue weighted by Gasteiger charge is -2.27. The fraction of sp³-hybridized carbons (Fsp3) is 0.333. The number of aryl methyl sites for hydroxylation is 1. The molecule has 2 aliphatic carbocycles. The normalized spacial score (nSPS) is 29.1. The molecule has 6 nitrogen and oxygen atoms in total. The second-order valence-corrected chi connectivity index (χ2v) is 8.67. The highest BCUT2D eigenvalue weighted by Crippen LogP contribution is 2.58. The van der Waals surface area contributed by atoms with Gasteiger partial charge in [-0.05, 0) is 25.3 Å². The highest BCUT2D eigenvalue weighted by molar-refractivity contribution is 6.35. The number of imide groups is 1. The van der Waals surface area contributed by atoms with Crippen molar-refractivity contribution in [3.05, 3.63) is 70.8 Å². The van der Waals surface area contributed by atoms with Gasteiger partial charge >= 0.3 is 0 Å². The molecule has 0 unspecified atom stereocenters. The van der Waals surface area contributed by atoms with Gasteiger partial charge in [0.15, 0.2) is 0 Å². The number of hydrogen-bond acceptors (Lipinski definition) is 5. The topological polar surface area (TPSA) is 80.8 Å². The molecule has 2 amide bonds. The minimum atomic E-state index is -1.96. The third-order valence-electron chi connectivity index (χ3n) is 6.87. The van der Waals surface area contributed by atoms with E-state index in [4.69, 9.17) is 4.74 Å². The van der Waals surface area contributed by atoms with Gasteiger partial charge in [0.2, 0.25) is 29.0 Å². The third-order valence-corrected chi connectivity index (χ3v) is 6.87. The molecule has 6 rings (SSSR count). The van der Waals surface area contributed by atoms with Gasteiger partial charge < -0.3 is 4.74 Å². The smallest absolute Gasteiger partial charge is 0.237 e. The van der Waals surface area contributed by atoms with E-state index in [1.165, 1.54) is 4.90 Å². The molecule has 3 fully saturated rings. The highest BCUT2D eigenvalue weighted by atomic mass is 16.5. The standard InChI is InChI=1S/C24H19NO5/c1-12-6-8-13(9-7-12)19-17-18(23(29)25(22(17)28)14-10-11-14)24(30-19)20(26)15-4-2-3-5-16(15)21(24)27/h2-9,14,17-19H,10-11H2,1H3/t17-,18-,19-/m1/s1. The Morgan fingerprint density at radius 3 is 2.03 bits per heavy atom. The number of Topliss-reactive ketones (excluding diaryl/α,β-unsaturated/α-hetero) is 2. The summed E-state index contributed by atoms with van der Waals surface area (Å²) in [7, 11) is 0. The fourth-order valence-electron chi connectivity index (χ4n) is 5.29. The maximum absolute atomic E-state index is 13.5. The molecule has 0 aromatic heterocycles. The molecule has 30 heavy (non-hydrogen) atoms. The Morgan fingerprint density at radius 2 is 1.47 bits per heavy atom. The van der Waals surface area contributed by atoms with Gasteiger partial charge in [-0.3, -0.25) is 24.1 Å². The minimum absolute atomic E-state index is 0.125. The number of nitrogens with zero attached hydrogens (tertiary/aromatic N) is 1. The summed E-state index contributed by atoms with van der Waals surface area (Å²) in [6.45, 7) is 1.95. The van der Waals surface area contributed by atoms with Crippen LogP contribution >= 0.6 is 0 Å². The predicted octanol–water partition coefficient (Wildman–Crippen LogP) is 2.65. The summed E-state index contributed by atoms with van der Waals surface area (Å²) in [6.07, 6.45) is 0.711. The molecule has 2 heterocycles. The Balaban J connectivity index is 1.54. The number of ketones is 2. The lowest BCUT2D eigenvalue weighted by Crippen LogP contribution is -2.51. The molecule has 4 aliphatic rings. The monoisotopic (exact) mass is 401 g/mol. The van der Waals surface area contributed by atoms with Crippen molar-refractivity contribution in [3.63, 3.8) is 0 Å². The summed E-state index contributed by atoms with van der Waals surface area (Å²) in [4.78, 5) is 55.1. The number of likely N-dealkylation sites (tertiary alicyclic amines) is 1. The minimum Gasteiger partial charge on any atom is -0.349 e. The second kappa shape index (κ2) is 5.73. The number of amides is 2. The Morgan fingerprint density at radius 1 is 0.867 bits per heavy atom. The number of carbonyl (C=O) groups excluding carboxylic acids is 4. The van der Waals surface area contributed by atoms with Crippen molar-refractivity contribution < 1.29 is 23.9 Å². The predicted molar refractivity (Wildman–Crippen MR) is 105 cm³/mol. The molecule has 2 aromatic carbocycles. The number of hydrogen-bond donors (Lipinski definition) is 0. The first-order valence-electron chi connectivity index (χ1n) is 10.2. The van der Waals surface area contributed by atoms with Gasteiger partial charge in [0, 0.05) is 17.2 Å². The van der Waals surface area contributed by atoms with Crippen LogP contribution in [0.2, 0.25) is 0 Å². The zero-order chi connectivity index (χ0) is 20.8. The summed E-state index contributed by atoms with van der Waals surface area (Å²) in [5.41, 5.74) is 0.298. The van der Waals surface area contributed by atoms with Crippen LogP contribution in [0.5, 0.6) is 0 Å². The van der Waals surface area contributed by atoms with E-state index in [2.05, 4.69) is 0 Å². The number of fused-ring (bicyclic) bond motifs is 3. The van der Waals surface area contributed by atoms with Gasteiger partial charge in [0.05, 0.1) is 17.9 Å². The van der Waals surface area contributed by atoms with Crippen molar-refractivity contribution in [2.24, 2.45) is 11.8 Å². The van der Waals surface area contributed by atoms with Crippen molar-refractivity contribution >= 4 is 23.4 Å². The van der Waals surface area contributed by atoms with Gasteiger partial charge in [-0.2, -0.15) is 0 Å². The molecule has 6 heteroatoms. The lowest BCUT2D eigenvalue weighted by molar-refractivity contribution is -0.145. The number of benzene rings is 2. The van der Waals surface area contributed by atoms with E-state index >= 15 is 0 Å². The Hall–Kier alpha value is -3.12. The van der Waals surface area contributed by atoms with Crippen LogP contribution in [0, 0.1) is 18.8 Å². The van der Waals surface area contributed by atoms with Crippen molar-refractivity contribution in [2.45, 2.75) is 37.5 Å². The first-order chi connectivity index (χ1) is 14.4. The highest BCUT2D eigenvalue weighted by Gasteiger charge is 2.75. The van der Waals surface area contributed by atoms with E-state index in [9.17, 15) is 19.2 Å². The lowest BCUT2D eigenvalue weighted by atomic mass is 9.77. The van der Waals surface area contributed by atoms with Crippen LogP contribution in [-0.4, -0.2) is 39.9 Å². The largest absolute Gasteiger partial charge is 0.349 e. The summed E-state index contributed by atoms with van der Waals surface area (Å²) >= 11 is 0. The maximum Gasteiger partial charge on any atom is 0.237 e. The number of carbonyl (C=O) groups is 4. The molecule has 2 aromatic rings. The average molecular weight is 401 g/mol. The van der Waals surface area contributed by atoms with E-state index in [1.54, 1.807) is 24.3 Å². The average Bonchev–Trinajstić information content (AvgIpc) is 3.41. The Kier molecular flexibility index (Phi) is 3.38. The zero-order valence-corrected chi connectivity index (χ0v) is 16.3. The van der Waals surface area contributed by atoms with Crippen LogP contribution in [0.15, 0.2) is 48.5 Å². The van der Waals surface area contributed by atoms with Crippen LogP contribution in [0.1, 0.15) is 50.8 Å². The molecule has 2 aliphatic heterocycles. The van der Waals surface area contributed by atoms with Crippen molar-refractivity contribution in [1.82, 2.24) is 4.90 Å². The molecular weight excluding hydrogens is 382 g/mol. The van der Waals surface area contributed by atoms with Crippen molar-refractivity contribution in [2.75, 3.05) is 0 Å². The summed E-state index contributed by atoms with van der Waals surface area (Å²) in [5.74, 6) is -3.78. The van der Waals surface area contributed by atoms with Crippen LogP contribution < -0.4 is 0 Å². The molecule has 2 saturated heterocycles. The van der Waals surface area contributed by atoms with E-state index < -0.39 is 41.0 Å². The van der Waals surface area contributed by atoms with Gasteiger partial charge in [-0.15, -0.1) is 0 Å². The summed E-state index contributed by atoms with van der Waals surface area (Å²) in [5, 5.41) is 0. The van der Waals surface area contributed by atoms with Crippen LogP contribution in [0.25, 0.3) is 0 Å². The van der Waals surface area contributed by atoms with Gasteiger partial charge in [-0.1, -0.05) is 54.1 Å². The quantitative estimate of drug-likeness (QED) is 0.571. The second-order valence-electron chi connectivity index (χ2n) is 8.67. The van der Waals surface area contributed by atoms with Crippen LogP contribution in [-0.2, 0) is 14.3 Å². The zero-order valence-electron chi connectivity index (χ0n) is 16.3. The van der Waals surface area contributed by atoms with Gasteiger partial charge in [0.25, 0.3) is 0 Å². The van der Waals surface area contributed by atoms with Gasteiger partial charge in [-0.25, -0.2) is 0 Å². The third kappa shape index (κ3) is 2.02. The SMILES string of the molecule is Cc1ccc([C@H]2OC3(C(=O)c4ccccc4C3=O)[C@H]3C(=O)N(C4CC4)C(=O)[C@@H]23)cc1. The summed E-state index contributed by atoms with van der Waals surface area (Å²) in [6, 6.07) is 13.9. The molecule has 3 atom stereocenters. The molecule has 1 saturated carbocycles. The van der Waals surface area contributed by atoms with Crippen LogP contribution in [0.3, 0.4) is 0 Å². The molecule has 0 radical (unpaired) electrons. The maximum atomic E-state index is 13.5. The van der Waals surface area contributed by atoms with E-state index in [1.807, 2.05) is 31.2 Å². The molecular formula is C24H19NO5. The van der Waals surface area contributed by atoms with E-state index in [0.29, 0.717) is 5.56 Å². The number of ether oxygens (including phenoxy) is 1. The molecule has 150 valence electrons. The fourth-order valence-corrected chi connectivity index (χ4v) is 5.29. The molecule has 0 N–H and O–H groups in total. The summed E-state index contributed by atoms with van der Waals surface area (Å²) < 4.78 is 6.23. The first kappa shape index (κ1) is 17.7. The molecule has 1 spiro atoms. The van der Waals surface area contributed by atoms with Crippen LogP contribution in [0.4, 0.5) is 0 Å².